The van der Waals surface area contributed by atoms with Crippen LogP contribution in [0.1, 0.15) is 36.8 Å². The summed E-state index contributed by atoms with van der Waals surface area (Å²) in [5.74, 6) is -1.91. The van der Waals surface area contributed by atoms with Crippen molar-refractivity contribution in [3.63, 3.8) is 0 Å². The highest BCUT2D eigenvalue weighted by atomic mass is 16.5. The molecule has 1 aromatic carbocycles. The minimum absolute atomic E-state index is 0.0206. The lowest BCUT2D eigenvalue weighted by molar-refractivity contribution is 0.0556. The highest BCUT2D eigenvalue weighted by Gasteiger charge is 2.29. The van der Waals surface area contributed by atoms with Crippen molar-refractivity contribution in [1.82, 2.24) is 0 Å². The number of rotatable bonds is 3. The summed E-state index contributed by atoms with van der Waals surface area (Å²) in [6.07, 6.45) is 0. The summed E-state index contributed by atoms with van der Waals surface area (Å²) >= 11 is 0. The maximum atomic E-state index is 12.1. The van der Waals surface area contributed by atoms with E-state index in [1.54, 1.807) is 6.92 Å². The SMILES string of the molecule is COC(=O)c1ccc2oc(C)c(C(=O)OC)c2c1C(=O)OC. The van der Waals surface area contributed by atoms with Gasteiger partial charge in [-0.05, 0) is 19.1 Å². The van der Waals surface area contributed by atoms with E-state index >= 15 is 0 Å². The zero-order valence-corrected chi connectivity index (χ0v) is 12.5. The van der Waals surface area contributed by atoms with E-state index in [0.29, 0.717) is 0 Å². The average Bonchev–Trinajstić information content (AvgIpc) is 2.87. The van der Waals surface area contributed by atoms with Gasteiger partial charge in [-0.3, -0.25) is 0 Å². The van der Waals surface area contributed by atoms with Crippen LogP contribution in [0.2, 0.25) is 0 Å². The number of hydrogen-bond donors (Lipinski definition) is 0. The van der Waals surface area contributed by atoms with Gasteiger partial charge in [0.2, 0.25) is 0 Å². The Kier molecular flexibility index (Phi) is 4.16. The van der Waals surface area contributed by atoms with Crippen LogP contribution in [-0.2, 0) is 14.2 Å². The fourth-order valence-electron chi connectivity index (χ4n) is 2.25. The van der Waals surface area contributed by atoms with Crippen LogP contribution in [0.15, 0.2) is 16.5 Å². The predicted octanol–water partition coefficient (Wildman–Crippen LogP) is 2.10. The lowest BCUT2D eigenvalue weighted by Gasteiger charge is -2.08. The standard InChI is InChI=1S/C15H14O7/c1-7-10(14(17)20-3)12-9(22-7)6-5-8(13(16)19-2)11(12)15(18)21-4/h5-6H,1-4H3. The van der Waals surface area contributed by atoms with Crippen molar-refractivity contribution >= 4 is 28.9 Å². The van der Waals surface area contributed by atoms with E-state index in [-0.39, 0.29) is 33.4 Å². The number of esters is 3. The van der Waals surface area contributed by atoms with Gasteiger partial charge in [0.25, 0.3) is 0 Å². The van der Waals surface area contributed by atoms with Gasteiger partial charge in [0.1, 0.15) is 16.9 Å². The minimum Gasteiger partial charge on any atom is -0.465 e. The zero-order valence-electron chi connectivity index (χ0n) is 12.5. The van der Waals surface area contributed by atoms with Crippen molar-refractivity contribution in [2.45, 2.75) is 6.92 Å². The van der Waals surface area contributed by atoms with Crippen LogP contribution in [0.5, 0.6) is 0 Å². The molecule has 0 saturated carbocycles. The average molecular weight is 306 g/mol. The first kappa shape index (κ1) is 15.6. The number of aryl methyl sites for hydroxylation is 1. The van der Waals surface area contributed by atoms with Gasteiger partial charge in [-0.2, -0.15) is 0 Å². The Labute approximate surface area is 125 Å². The maximum absolute atomic E-state index is 12.1. The van der Waals surface area contributed by atoms with Gasteiger partial charge in [-0.15, -0.1) is 0 Å². The highest BCUT2D eigenvalue weighted by Crippen LogP contribution is 2.32. The van der Waals surface area contributed by atoms with Crippen LogP contribution in [0.25, 0.3) is 11.0 Å². The van der Waals surface area contributed by atoms with E-state index in [0.717, 1.165) is 0 Å². The largest absolute Gasteiger partial charge is 0.465 e. The molecule has 7 nitrogen and oxygen atoms in total. The molecule has 116 valence electrons. The third-order valence-electron chi connectivity index (χ3n) is 3.22. The monoisotopic (exact) mass is 306 g/mol. The summed E-state index contributed by atoms with van der Waals surface area (Å²) in [6, 6.07) is 2.86. The predicted molar refractivity (Wildman–Crippen MR) is 75.0 cm³/mol. The molecule has 0 aliphatic heterocycles. The molecule has 0 bridgehead atoms. The third-order valence-corrected chi connectivity index (χ3v) is 3.22. The van der Waals surface area contributed by atoms with E-state index in [4.69, 9.17) is 13.9 Å². The van der Waals surface area contributed by atoms with Crippen LogP contribution in [0, 0.1) is 6.92 Å². The molecule has 0 amide bonds. The Morgan fingerprint density at radius 1 is 0.864 bits per heavy atom. The maximum Gasteiger partial charge on any atom is 0.342 e. The first-order valence-corrected chi connectivity index (χ1v) is 6.27. The second-order valence-corrected chi connectivity index (χ2v) is 4.37. The molecule has 0 fully saturated rings. The quantitative estimate of drug-likeness (QED) is 0.633. The molecule has 2 aromatic rings. The molecule has 0 spiro atoms. The van der Waals surface area contributed by atoms with Gasteiger partial charge < -0.3 is 18.6 Å². The Morgan fingerprint density at radius 3 is 1.95 bits per heavy atom. The number of methoxy groups -OCH3 is 3. The summed E-state index contributed by atoms with van der Waals surface area (Å²) in [5, 5.41) is 0.166. The van der Waals surface area contributed by atoms with E-state index in [1.807, 2.05) is 0 Å². The fraction of sp³-hybridized carbons (Fsp3) is 0.267. The lowest BCUT2D eigenvalue weighted by atomic mass is 9.99. The van der Waals surface area contributed by atoms with Crippen molar-refractivity contribution in [3.05, 3.63) is 34.6 Å². The molecule has 1 aromatic heterocycles. The lowest BCUT2D eigenvalue weighted by Crippen LogP contribution is -2.13. The Morgan fingerprint density at radius 2 is 1.41 bits per heavy atom. The summed E-state index contributed by atoms with van der Waals surface area (Å²) in [4.78, 5) is 36.0. The number of carbonyl (C=O) groups is 3. The van der Waals surface area contributed by atoms with E-state index in [2.05, 4.69) is 4.74 Å². The van der Waals surface area contributed by atoms with Crippen LogP contribution < -0.4 is 0 Å². The Hall–Kier alpha value is -2.83. The molecular formula is C15H14O7. The van der Waals surface area contributed by atoms with Gasteiger partial charge in [-0.1, -0.05) is 0 Å². The van der Waals surface area contributed by atoms with Gasteiger partial charge in [0, 0.05) is 0 Å². The third kappa shape index (κ3) is 2.30. The number of fused-ring (bicyclic) bond motifs is 1. The smallest absolute Gasteiger partial charge is 0.342 e. The molecule has 0 atom stereocenters. The molecule has 22 heavy (non-hydrogen) atoms. The second kappa shape index (κ2) is 5.88. The summed E-state index contributed by atoms with van der Waals surface area (Å²) in [5.41, 5.74) is 0.228. The second-order valence-electron chi connectivity index (χ2n) is 4.37. The van der Waals surface area contributed by atoms with Crippen LogP contribution in [-0.4, -0.2) is 39.2 Å². The van der Waals surface area contributed by atoms with Crippen molar-refractivity contribution < 1.29 is 33.0 Å². The summed E-state index contributed by atoms with van der Waals surface area (Å²) < 4.78 is 19.6. The molecule has 0 saturated heterocycles. The normalized spacial score (nSPS) is 10.4. The molecule has 1 heterocycles. The molecular weight excluding hydrogens is 292 g/mol. The first-order valence-electron chi connectivity index (χ1n) is 6.27. The molecule has 0 aliphatic carbocycles. The molecule has 0 unspecified atom stereocenters. The number of benzene rings is 1. The van der Waals surface area contributed by atoms with Crippen molar-refractivity contribution in [1.29, 1.82) is 0 Å². The molecule has 0 N–H and O–H groups in total. The number of hydrogen-bond acceptors (Lipinski definition) is 7. The Balaban J connectivity index is 2.94. The van der Waals surface area contributed by atoms with Gasteiger partial charge in [0.05, 0.1) is 37.8 Å². The summed E-state index contributed by atoms with van der Waals surface area (Å²) in [6.45, 7) is 1.56. The minimum atomic E-state index is -0.781. The van der Waals surface area contributed by atoms with Crippen LogP contribution in [0.3, 0.4) is 0 Å². The Bertz CT molecular complexity index is 770. The number of ether oxygens (including phenoxy) is 3. The van der Waals surface area contributed by atoms with Gasteiger partial charge in [0.15, 0.2) is 0 Å². The van der Waals surface area contributed by atoms with Crippen molar-refractivity contribution in [3.8, 4) is 0 Å². The number of furan rings is 1. The van der Waals surface area contributed by atoms with E-state index in [9.17, 15) is 14.4 Å². The molecule has 0 radical (unpaired) electrons. The zero-order chi connectivity index (χ0) is 16.4. The van der Waals surface area contributed by atoms with E-state index < -0.39 is 17.9 Å². The highest BCUT2D eigenvalue weighted by molar-refractivity contribution is 6.17. The molecule has 0 aliphatic rings. The first-order chi connectivity index (χ1) is 10.5. The summed E-state index contributed by atoms with van der Waals surface area (Å²) in [7, 11) is 3.57. The molecule has 7 heteroatoms. The fourth-order valence-corrected chi connectivity index (χ4v) is 2.25. The van der Waals surface area contributed by atoms with Crippen molar-refractivity contribution in [2.24, 2.45) is 0 Å². The van der Waals surface area contributed by atoms with E-state index in [1.165, 1.54) is 33.5 Å². The molecule has 2 rings (SSSR count). The van der Waals surface area contributed by atoms with Gasteiger partial charge in [-0.25, -0.2) is 14.4 Å². The van der Waals surface area contributed by atoms with Crippen molar-refractivity contribution in [2.75, 3.05) is 21.3 Å². The topological polar surface area (TPSA) is 92.0 Å². The van der Waals surface area contributed by atoms with Crippen LogP contribution in [0.4, 0.5) is 0 Å². The number of carbonyl (C=O) groups excluding carboxylic acids is 3. The van der Waals surface area contributed by atoms with Gasteiger partial charge >= 0.3 is 17.9 Å². The van der Waals surface area contributed by atoms with Crippen LogP contribution >= 0.6 is 0 Å².